The Morgan fingerprint density at radius 3 is 2.38 bits per heavy atom. The highest BCUT2D eigenvalue weighted by molar-refractivity contribution is 7.22. The maximum Gasteiger partial charge on any atom is 0.262 e. The third kappa shape index (κ3) is 4.28. The van der Waals surface area contributed by atoms with E-state index in [-0.39, 0.29) is 12.5 Å². The van der Waals surface area contributed by atoms with Crippen molar-refractivity contribution in [3.63, 3.8) is 0 Å². The molecule has 9 heteroatoms. The number of hydrogen-bond donors (Lipinski definition) is 1. The summed E-state index contributed by atoms with van der Waals surface area (Å²) in [5.74, 6) is -1.14. The lowest BCUT2D eigenvalue weighted by Gasteiger charge is -2.34. The van der Waals surface area contributed by atoms with Crippen LogP contribution in [0.4, 0.5) is 5.13 Å². The molecule has 5 rings (SSSR count). The maximum atomic E-state index is 12.4. The van der Waals surface area contributed by atoms with Gasteiger partial charge in [0.1, 0.15) is 6.54 Å². The summed E-state index contributed by atoms with van der Waals surface area (Å²) >= 11 is 1.75. The SMILES string of the molecule is CCc1cccc2sc(N3CCN(CCNC(=O)CN4C(=O)c5ccccc5C4=O)CC3)nc12. The van der Waals surface area contributed by atoms with Gasteiger partial charge in [-0.2, -0.15) is 0 Å². The molecular weight excluding hydrogens is 450 g/mol. The number of hydrogen-bond acceptors (Lipinski definition) is 7. The Bertz CT molecular complexity index is 1210. The molecule has 1 aromatic heterocycles. The summed E-state index contributed by atoms with van der Waals surface area (Å²) in [6.45, 7) is 6.68. The van der Waals surface area contributed by atoms with Crippen molar-refractivity contribution in [1.82, 2.24) is 20.1 Å². The lowest BCUT2D eigenvalue weighted by Crippen LogP contribution is -2.49. The number of nitrogens with one attached hydrogen (secondary N) is 1. The van der Waals surface area contributed by atoms with Crippen LogP contribution in [0.15, 0.2) is 42.5 Å². The van der Waals surface area contributed by atoms with Gasteiger partial charge in [-0.3, -0.25) is 24.2 Å². The molecule has 8 nitrogen and oxygen atoms in total. The van der Waals surface area contributed by atoms with Crippen molar-refractivity contribution in [2.24, 2.45) is 0 Å². The van der Waals surface area contributed by atoms with Gasteiger partial charge in [-0.15, -0.1) is 0 Å². The van der Waals surface area contributed by atoms with Crippen molar-refractivity contribution in [2.45, 2.75) is 13.3 Å². The summed E-state index contributed by atoms with van der Waals surface area (Å²) in [6.07, 6.45) is 0.979. The summed E-state index contributed by atoms with van der Waals surface area (Å²) in [5, 5.41) is 3.92. The molecule has 1 saturated heterocycles. The van der Waals surface area contributed by atoms with Crippen LogP contribution in [-0.4, -0.2) is 78.3 Å². The van der Waals surface area contributed by atoms with Gasteiger partial charge in [-0.25, -0.2) is 4.98 Å². The second-order valence-corrected chi connectivity index (χ2v) is 9.54. The molecule has 1 N–H and O–H groups in total. The van der Waals surface area contributed by atoms with Gasteiger partial charge in [0.2, 0.25) is 5.91 Å². The van der Waals surface area contributed by atoms with Crippen LogP contribution in [0.3, 0.4) is 0 Å². The third-order valence-corrected chi connectivity index (χ3v) is 7.53. The lowest BCUT2D eigenvalue weighted by molar-refractivity contribution is -0.121. The van der Waals surface area contributed by atoms with Gasteiger partial charge in [0.05, 0.1) is 21.3 Å². The maximum absolute atomic E-state index is 12.4. The van der Waals surface area contributed by atoms with E-state index in [0.29, 0.717) is 17.7 Å². The van der Waals surface area contributed by atoms with Crippen LogP contribution >= 0.6 is 11.3 Å². The van der Waals surface area contributed by atoms with Crippen molar-refractivity contribution < 1.29 is 14.4 Å². The van der Waals surface area contributed by atoms with Crippen LogP contribution in [0.25, 0.3) is 10.2 Å². The Morgan fingerprint density at radius 2 is 1.71 bits per heavy atom. The fraction of sp³-hybridized carbons (Fsp3) is 0.360. The molecular formula is C25H27N5O3S. The second-order valence-electron chi connectivity index (χ2n) is 8.53. The molecule has 0 spiro atoms. The second kappa shape index (κ2) is 9.52. The van der Waals surface area contributed by atoms with Gasteiger partial charge in [0.15, 0.2) is 5.13 Å². The highest BCUT2D eigenvalue weighted by Crippen LogP contribution is 2.31. The predicted molar refractivity (Wildman–Crippen MR) is 132 cm³/mol. The van der Waals surface area contributed by atoms with Crippen LogP contribution in [-0.2, 0) is 11.2 Å². The molecule has 2 aliphatic rings. The number of amides is 3. The lowest BCUT2D eigenvalue weighted by atomic mass is 10.1. The topological polar surface area (TPSA) is 85.9 Å². The number of para-hydroxylation sites is 1. The average molecular weight is 478 g/mol. The van der Waals surface area contributed by atoms with E-state index >= 15 is 0 Å². The number of thiazole rings is 1. The molecule has 2 aromatic carbocycles. The summed E-state index contributed by atoms with van der Waals surface area (Å²) < 4.78 is 1.23. The first kappa shape index (κ1) is 22.5. The third-order valence-electron chi connectivity index (χ3n) is 6.45. The van der Waals surface area contributed by atoms with E-state index in [0.717, 1.165) is 54.7 Å². The smallest absolute Gasteiger partial charge is 0.262 e. The molecule has 0 bridgehead atoms. The molecule has 0 unspecified atom stereocenters. The minimum atomic E-state index is -0.409. The van der Waals surface area contributed by atoms with E-state index in [1.165, 1.54) is 10.3 Å². The Labute approximate surface area is 202 Å². The zero-order chi connectivity index (χ0) is 23.7. The van der Waals surface area contributed by atoms with Crippen molar-refractivity contribution in [3.05, 3.63) is 59.2 Å². The van der Waals surface area contributed by atoms with E-state index in [4.69, 9.17) is 4.98 Å². The molecule has 2 aliphatic heterocycles. The van der Waals surface area contributed by atoms with E-state index in [9.17, 15) is 14.4 Å². The van der Waals surface area contributed by atoms with Gasteiger partial charge in [0, 0.05) is 39.3 Å². The summed E-state index contributed by atoms with van der Waals surface area (Å²) in [7, 11) is 0. The van der Waals surface area contributed by atoms with Gasteiger partial charge in [-0.05, 0) is 30.2 Å². The van der Waals surface area contributed by atoms with Crippen LogP contribution in [0.1, 0.15) is 33.2 Å². The highest BCUT2D eigenvalue weighted by atomic mass is 32.1. The number of carbonyl (C=O) groups excluding carboxylic acids is 3. The number of imide groups is 1. The number of fused-ring (bicyclic) bond motifs is 2. The zero-order valence-electron chi connectivity index (χ0n) is 19.1. The fourth-order valence-electron chi connectivity index (χ4n) is 4.51. The average Bonchev–Trinajstić information content (AvgIpc) is 3.40. The Hall–Kier alpha value is -3.30. The number of rotatable bonds is 7. The van der Waals surface area contributed by atoms with Crippen molar-refractivity contribution in [1.29, 1.82) is 0 Å². The van der Waals surface area contributed by atoms with E-state index < -0.39 is 11.8 Å². The zero-order valence-corrected chi connectivity index (χ0v) is 19.9. The standard InChI is InChI=1S/C25H27N5O3S/c1-2-17-6-5-9-20-22(17)27-25(34-20)29-14-12-28(13-15-29)11-10-26-21(31)16-30-23(32)18-7-3-4-8-19(18)24(30)33/h3-9H,2,10-16H2,1H3,(H,26,31). The molecule has 3 amide bonds. The molecule has 3 aromatic rings. The first-order chi connectivity index (χ1) is 16.5. The quantitative estimate of drug-likeness (QED) is 0.526. The first-order valence-electron chi connectivity index (χ1n) is 11.6. The van der Waals surface area contributed by atoms with Crippen molar-refractivity contribution in [2.75, 3.05) is 50.7 Å². The predicted octanol–water partition coefficient (Wildman–Crippen LogP) is 2.39. The van der Waals surface area contributed by atoms with Crippen molar-refractivity contribution in [3.8, 4) is 0 Å². The highest BCUT2D eigenvalue weighted by Gasteiger charge is 2.36. The molecule has 3 heterocycles. The van der Waals surface area contributed by atoms with Crippen molar-refractivity contribution >= 4 is 44.4 Å². The van der Waals surface area contributed by atoms with E-state index in [2.05, 4.69) is 40.2 Å². The van der Waals surface area contributed by atoms with Gasteiger partial charge in [-0.1, -0.05) is 42.5 Å². The first-order valence-corrected chi connectivity index (χ1v) is 12.4. The molecule has 1 fully saturated rings. The number of carbonyl (C=O) groups is 3. The Morgan fingerprint density at radius 1 is 1.00 bits per heavy atom. The number of aromatic nitrogens is 1. The Kier molecular flexibility index (Phi) is 6.30. The number of piperazine rings is 1. The van der Waals surface area contributed by atoms with Crippen LogP contribution < -0.4 is 10.2 Å². The summed E-state index contributed by atoms with van der Waals surface area (Å²) in [4.78, 5) is 47.8. The molecule has 34 heavy (non-hydrogen) atoms. The molecule has 0 atom stereocenters. The molecule has 0 radical (unpaired) electrons. The number of anilines is 1. The van der Waals surface area contributed by atoms with Crippen LogP contribution in [0.2, 0.25) is 0 Å². The summed E-state index contributed by atoms with van der Waals surface area (Å²) in [6, 6.07) is 13.0. The van der Waals surface area contributed by atoms with E-state index in [1.54, 1.807) is 35.6 Å². The Balaban J connectivity index is 1.08. The fourth-order valence-corrected chi connectivity index (χ4v) is 5.58. The van der Waals surface area contributed by atoms with Gasteiger partial charge in [0.25, 0.3) is 11.8 Å². The number of benzene rings is 2. The van der Waals surface area contributed by atoms with Crippen LogP contribution in [0, 0.1) is 0 Å². The molecule has 0 aliphatic carbocycles. The normalized spacial score (nSPS) is 16.4. The molecule has 0 saturated carbocycles. The summed E-state index contributed by atoms with van der Waals surface area (Å²) in [5.41, 5.74) is 3.12. The van der Waals surface area contributed by atoms with Gasteiger partial charge >= 0.3 is 0 Å². The van der Waals surface area contributed by atoms with Gasteiger partial charge < -0.3 is 10.2 Å². The number of nitrogens with zero attached hydrogens (tertiary/aromatic N) is 4. The minimum Gasteiger partial charge on any atom is -0.353 e. The van der Waals surface area contributed by atoms with Crippen LogP contribution in [0.5, 0.6) is 0 Å². The monoisotopic (exact) mass is 477 g/mol. The van der Waals surface area contributed by atoms with E-state index in [1.807, 2.05) is 0 Å². The number of aryl methyl sites for hydroxylation is 1. The largest absolute Gasteiger partial charge is 0.353 e. The molecule has 176 valence electrons. The minimum absolute atomic E-state index is 0.253.